The molecule has 0 unspecified atom stereocenters. The monoisotopic (exact) mass is 312 g/mol. The first-order valence-corrected chi connectivity index (χ1v) is 8.40. The van der Waals surface area contributed by atoms with E-state index in [1.165, 1.54) is 0 Å². The van der Waals surface area contributed by atoms with Crippen molar-refractivity contribution in [2.24, 2.45) is 0 Å². The van der Waals surface area contributed by atoms with Gasteiger partial charge in [-0.3, -0.25) is 4.79 Å². The standard InChI is InChI=1S/C20H28N2O/c1-13(2)22(14(3)4)20(23)19-17(15(5)21-6)12-11-16-9-7-8-10-18(16)19/h7-15,21H,1-6H3/t15-/m0/s1. The van der Waals surface area contributed by atoms with Gasteiger partial charge in [0.15, 0.2) is 0 Å². The van der Waals surface area contributed by atoms with Crippen LogP contribution in [0.5, 0.6) is 0 Å². The fraction of sp³-hybridized carbons (Fsp3) is 0.450. The molecule has 124 valence electrons. The minimum Gasteiger partial charge on any atom is -0.334 e. The smallest absolute Gasteiger partial charge is 0.255 e. The number of rotatable bonds is 5. The maximum absolute atomic E-state index is 13.4. The number of fused-ring (bicyclic) bond motifs is 1. The van der Waals surface area contributed by atoms with Crippen LogP contribution in [0, 0.1) is 0 Å². The van der Waals surface area contributed by atoms with Gasteiger partial charge in [-0.25, -0.2) is 0 Å². The summed E-state index contributed by atoms with van der Waals surface area (Å²) < 4.78 is 0. The van der Waals surface area contributed by atoms with Crippen molar-refractivity contribution < 1.29 is 4.79 Å². The molecule has 23 heavy (non-hydrogen) atoms. The molecule has 0 fully saturated rings. The third-order valence-electron chi connectivity index (χ3n) is 4.42. The molecule has 2 rings (SSSR count). The molecule has 0 aliphatic rings. The van der Waals surface area contributed by atoms with Crippen molar-refractivity contribution in [3.8, 4) is 0 Å². The Kier molecular flexibility index (Phi) is 5.42. The second-order valence-electron chi connectivity index (χ2n) is 6.66. The molecule has 0 radical (unpaired) electrons. The molecule has 0 saturated carbocycles. The topological polar surface area (TPSA) is 32.3 Å². The molecule has 0 spiro atoms. The van der Waals surface area contributed by atoms with Gasteiger partial charge in [0.25, 0.3) is 5.91 Å². The van der Waals surface area contributed by atoms with E-state index >= 15 is 0 Å². The van der Waals surface area contributed by atoms with Crippen LogP contribution in [0.2, 0.25) is 0 Å². The van der Waals surface area contributed by atoms with E-state index in [9.17, 15) is 4.79 Å². The Balaban J connectivity index is 2.71. The van der Waals surface area contributed by atoms with E-state index in [0.717, 1.165) is 21.9 Å². The highest BCUT2D eigenvalue weighted by molar-refractivity contribution is 6.08. The molecular weight excluding hydrogens is 284 g/mol. The summed E-state index contributed by atoms with van der Waals surface area (Å²) in [7, 11) is 1.93. The number of amides is 1. The quantitative estimate of drug-likeness (QED) is 0.888. The Morgan fingerprint density at radius 3 is 2.13 bits per heavy atom. The average Bonchev–Trinajstić information content (AvgIpc) is 2.52. The zero-order valence-electron chi connectivity index (χ0n) is 15.1. The van der Waals surface area contributed by atoms with Crippen LogP contribution in [-0.2, 0) is 0 Å². The minimum absolute atomic E-state index is 0.115. The van der Waals surface area contributed by atoms with Gasteiger partial charge in [0.05, 0.1) is 5.56 Å². The average molecular weight is 312 g/mol. The molecule has 1 atom stereocenters. The Hall–Kier alpha value is -1.87. The molecule has 1 amide bonds. The van der Waals surface area contributed by atoms with Crippen LogP contribution in [-0.4, -0.2) is 29.9 Å². The van der Waals surface area contributed by atoms with Gasteiger partial charge in [-0.2, -0.15) is 0 Å². The molecule has 3 heteroatoms. The zero-order chi connectivity index (χ0) is 17.1. The van der Waals surface area contributed by atoms with E-state index in [0.29, 0.717) is 0 Å². The lowest BCUT2D eigenvalue weighted by Crippen LogP contribution is -2.42. The first kappa shape index (κ1) is 17.5. The molecule has 3 nitrogen and oxygen atoms in total. The van der Waals surface area contributed by atoms with Gasteiger partial charge < -0.3 is 10.2 Å². The van der Waals surface area contributed by atoms with Gasteiger partial charge in [-0.1, -0.05) is 36.4 Å². The van der Waals surface area contributed by atoms with Crippen LogP contribution >= 0.6 is 0 Å². The molecule has 2 aromatic carbocycles. The third-order valence-corrected chi connectivity index (χ3v) is 4.42. The summed E-state index contributed by atoms with van der Waals surface area (Å²) in [5.41, 5.74) is 1.88. The lowest BCUT2D eigenvalue weighted by atomic mass is 9.93. The maximum atomic E-state index is 13.4. The molecule has 0 aromatic heterocycles. The van der Waals surface area contributed by atoms with Crippen LogP contribution in [0.4, 0.5) is 0 Å². The molecule has 0 bridgehead atoms. The lowest BCUT2D eigenvalue weighted by molar-refractivity contribution is 0.0644. The second kappa shape index (κ2) is 7.14. The molecule has 0 aliphatic carbocycles. The summed E-state index contributed by atoms with van der Waals surface area (Å²) in [5.74, 6) is 0.115. The van der Waals surface area contributed by atoms with E-state index in [-0.39, 0.29) is 24.0 Å². The Labute approximate surface area is 139 Å². The summed E-state index contributed by atoms with van der Waals surface area (Å²) in [4.78, 5) is 15.3. The van der Waals surface area contributed by atoms with Gasteiger partial charge in [0.2, 0.25) is 0 Å². The highest BCUT2D eigenvalue weighted by atomic mass is 16.2. The van der Waals surface area contributed by atoms with Crippen molar-refractivity contribution in [2.75, 3.05) is 7.05 Å². The number of nitrogens with zero attached hydrogens (tertiary/aromatic N) is 1. The van der Waals surface area contributed by atoms with Crippen LogP contribution in [0.3, 0.4) is 0 Å². The second-order valence-corrected chi connectivity index (χ2v) is 6.66. The van der Waals surface area contributed by atoms with E-state index < -0.39 is 0 Å². The summed E-state index contributed by atoms with van der Waals surface area (Å²) in [6.45, 7) is 10.4. The van der Waals surface area contributed by atoms with Gasteiger partial charge in [-0.05, 0) is 58.0 Å². The van der Waals surface area contributed by atoms with Crippen molar-refractivity contribution in [3.63, 3.8) is 0 Å². The van der Waals surface area contributed by atoms with Gasteiger partial charge >= 0.3 is 0 Å². The molecule has 0 heterocycles. The normalized spacial score (nSPS) is 12.9. The predicted molar refractivity (Wildman–Crippen MR) is 97.9 cm³/mol. The molecule has 1 N–H and O–H groups in total. The Morgan fingerprint density at radius 2 is 1.57 bits per heavy atom. The van der Waals surface area contributed by atoms with E-state index in [1.807, 2.05) is 30.1 Å². The van der Waals surface area contributed by atoms with Crippen molar-refractivity contribution >= 4 is 16.7 Å². The van der Waals surface area contributed by atoms with E-state index in [2.05, 4.69) is 58.1 Å². The third kappa shape index (κ3) is 3.40. The van der Waals surface area contributed by atoms with Crippen molar-refractivity contribution in [1.82, 2.24) is 10.2 Å². The highest BCUT2D eigenvalue weighted by Crippen LogP contribution is 2.29. The number of hydrogen-bond acceptors (Lipinski definition) is 2. The summed E-state index contributed by atoms with van der Waals surface area (Å²) in [5, 5.41) is 5.41. The zero-order valence-corrected chi connectivity index (χ0v) is 15.1. The summed E-state index contributed by atoms with van der Waals surface area (Å²) in [6.07, 6.45) is 0. The molecule has 0 saturated heterocycles. The first-order chi connectivity index (χ1) is 10.9. The minimum atomic E-state index is 0.115. The number of benzene rings is 2. The maximum Gasteiger partial charge on any atom is 0.255 e. The fourth-order valence-corrected chi connectivity index (χ4v) is 3.24. The lowest BCUT2D eigenvalue weighted by Gasteiger charge is -2.32. The fourth-order valence-electron chi connectivity index (χ4n) is 3.24. The van der Waals surface area contributed by atoms with Gasteiger partial charge in [-0.15, -0.1) is 0 Å². The highest BCUT2D eigenvalue weighted by Gasteiger charge is 2.26. The van der Waals surface area contributed by atoms with Crippen molar-refractivity contribution in [3.05, 3.63) is 47.5 Å². The van der Waals surface area contributed by atoms with Crippen molar-refractivity contribution in [2.45, 2.75) is 52.7 Å². The number of carbonyl (C=O) groups excluding carboxylic acids is 1. The van der Waals surface area contributed by atoms with Crippen LogP contribution < -0.4 is 5.32 Å². The summed E-state index contributed by atoms with van der Waals surface area (Å²) >= 11 is 0. The Bertz CT molecular complexity index is 683. The molecular formula is C20H28N2O. The summed E-state index contributed by atoms with van der Waals surface area (Å²) in [6, 6.07) is 12.8. The molecule has 2 aromatic rings. The first-order valence-electron chi connectivity index (χ1n) is 8.40. The van der Waals surface area contributed by atoms with Crippen LogP contribution in [0.15, 0.2) is 36.4 Å². The Morgan fingerprint density at radius 1 is 0.957 bits per heavy atom. The van der Waals surface area contributed by atoms with Crippen LogP contribution in [0.1, 0.15) is 56.6 Å². The molecule has 0 aliphatic heterocycles. The number of hydrogen-bond donors (Lipinski definition) is 1. The number of carbonyl (C=O) groups is 1. The number of nitrogens with one attached hydrogen (secondary N) is 1. The largest absolute Gasteiger partial charge is 0.334 e. The van der Waals surface area contributed by atoms with Gasteiger partial charge in [0, 0.05) is 18.1 Å². The van der Waals surface area contributed by atoms with E-state index in [4.69, 9.17) is 0 Å². The van der Waals surface area contributed by atoms with E-state index in [1.54, 1.807) is 0 Å². The SMILES string of the molecule is CN[C@@H](C)c1ccc2ccccc2c1C(=O)N(C(C)C)C(C)C. The predicted octanol–water partition coefficient (Wildman–Crippen LogP) is 4.38. The van der Waals surface area contributed by atoms with Crippen LogP contribution in [0.25, 0.3) is 10.8 Å². The van der Waals surface area contributed by atoms with Gasteiger partial charge in [0.1, 0.15) is 0 Å². The van der Waals surface area contributed by atoms with Crippen molar-refractivity contribution in [1.29, 1.82) is 0 Å².